The van der Waals surface area contributed by atoms with Crippen LogP contribution in [0, 0.1) is 6.92 Å². The molecule has 0 saturated heterocycles. The minimum atomic E-state index is -0.717. The average molecular weight is 273 g/mol. The minimum Gasteiger partial charge on any atom is -0.387 e. The van der Waals surface area contributed by atoms with E-state index in [1.165, 1.54) is 0 Å². The highest BCUT2D eigenvalue weighted by Gasteiger charge is 2.21. The topological polar surface area (TPSA) is 38.7 Å². The van der Waals surface area contributed by atoms with Gasteiger partial charge in [0.25, 0.3) is 0 Å². The fraction of sp³-hybridized carbons (Fsp3) is 0.571. The molecule has 0 aliphatic carbocycles. The van der Waals surface area contributed by atoms with Crippen LogP contribution in [-0.2, 0) is 15.9 Å². The third-order valence-electron chi connectivity index (χ3n) is 2.61. The number of aliphatic hydroxyl groups excluding tert-OH is 1. The maximum atomic E-state index is 10.1. The molecule has 1 rings (SSSR count). The number of hydrogen-bond acceptors (Lipinski definition) is 3. The monoisotopic (exact) mass is 272 g/mol. The van der Waals surface area contributed by atoms with Crippen molar-refractivity contribution in [2.45, 2.75) is 39.6 Å². The summed E-state index contributed by atoms with van der Waals surface area (Å²) in [6.07, 6.45) is -0.897. The van der Waals surface area contributed by atoms with Crippen molar-refractivity contribution >= 4 is 11.6 Å². The van der Waals surface area contributed by atoms with Crippen LogP contribution in [0.1, 0.15) is 25.0 Å². The van der Waals surface area contributed by atoms with Gasteiger partial charge in [-0.15, -0.1) is 0 Å². The summed E-state index contributed by atoms with van der Waals surface area (Å²) in [5, 5.41) is 10.8. The largest absolute Gasteiger partial charge is 0.387 e. The lowest BCUT2D eigenvalue weighted by Crippen LogP contribution is -2.33. The van der Waals surface area contributed by atoms with Gasteiger partial charge >= 0.3 is 0 Å². The van der Waals surface area contributed by atoms with E-state index in [9.17, 15) is 5.11 Å². The molecule has 0 fully saturated rings. The Labute approximate surface area is 114 Å². The Morgan fingerprint density at radius 2 is 1.83 bits per heavy atom. The molecule has 18 heavy (non-hydrogen) atoms. The van der Waals surface area contributed by atoms with Crippen LogP contribution < -0.4 is 0 Å². The highest BCUT2D eigenvalue weighted by atomic mass is 35.5. The number of ether oxygens (including phenoxy) is 2. The normalized spacial score (nSPS) is 13.0. The van der Waals surface area contributed by atoms with Crippen molar-refractivity contribution in [3.63, 3.8) is 0 Å². The summed E-state index contributed by atoms with van der Waals surface area (Å²) in [7, 11) is 0. The first-order chi connectivity index (χ1) is 8.58. The maximum absolute atomic E-state index is 10.1. The van der Waals surface area contributed by atoms with Crippen LogP contribution >= 0.6 is 11.6 Å². The number of rotatable bonds is 7. The van der Waals surface area contributed by atoms with Crippen LogP contribution in [0.15, 0.2) is 18.2 Å². The number of hydrogen-bond donors (Lipinski definition) is 1. The van der Waals surface area contributed by atoms with Crippen LogP contribution in [0.2, 0.25) is 5.02 Å². The predicted molar refractivity (Wildman–Crippen MR) is 72.9 cm³/mol. The van der Waals surface area contributed by atoms with Gasteiger partial charge in [0.05, 0.1) is 0 Å². The Morgan fingerprint density at radius 1 is 1.22 bits per heavy atom. The van der Waals surface area contributed by atoms with E-state index < -0.39 is 12.4 Å². The van der Waals surface area contributed by atoms with Crippen molar-refractivity contribution in [2.75, 3.05) is 13.2 Å². The SMILES string of the molecule is CCOC(OCC)C(O)Cc1ccc(C)cc1Cl. The molecule has 0 bridgehead atoms. The molecule has 0 aromatic heterocycles. The highest BCUT2D eigenvalue weighted by molar-refractivity contribution is 6.31. The zero-order chi connectivity index (χ0) is 13.5. The molecule has 0 aliphatic heterocycles. The fourth-order valence-corrected chi connectivity index (χ4v) is 2.05. The van der Waals surface area contributed by atoms with Crippen LogP contribution in [0.4, 0.5) is 0 Å². The Balaban J connectivity index is 2.69. The van der Waals surface area contributed by atoms with Crippen LogP contribution in [0.3, 0.4) is 0 Å². The fourth-order valence-electron chi connectivity index (χ4n) is 1.74. The van der Waals surface area contributed by atoms with Crippen molar-refractivity contribution in [2.24, 2.45) is 0 Å². The lowest BCUT2D eigenvalue weighted by atomic mass is 10.1. The molecule has 1 aromatic carbocycles. The molecule has 1 N–H and O–H groups in total. The summed E-state index contributed by atoms with van der Waals surface area (Å²) in [6, 6.07) is 5.79. The Hall–Kier alpha value is -0.610. The smallest absolute Gasteiger partial charge is 0.183 e. The van der Waals surface area contributed by atoms with Gasteiger partial charge < -0.3 is 14.6 Å². The standard InChI is InChI=1S/C14H21ClO3/c1-4-17-14(18-5-2)13(16)9-11-7-6-10(3)8-12(11)15/h6-8,13-14,16H,4-5,9H2,1-3H3. The third kappa shape index (κ3) is 4.58. The molecule has 3 nitrogen and oxygen atoms in total. The van der Waals surface area contributed by atoms with Crippen molar-refractivity contribution in [1.29, 1.82) is 0 Å². The van der Waals surface area contributed by atoms with Gasteiger partial charge in [-0.2, -0.15) is 0 Å². The summed E-state index contributed by atoms with van der Waals surface area (Å²) < 4.78 is 10.7. The number of halogens is 1. The second-order valence-corrected chi connectivity index (χ2v) is 4.55. The van der Waals surface area contributed by atoms with Gasteiger partial charge in [-0.05, 0) is 38.0 Å². The van der Waals surface area contributed by atoms with Gasteiger partial charge in [0.15, 0.2) is 6.29 Å². The summed E-state index contributed by atoms with van der Waals surface area (Å²) in [6.45, 7) is 6.73. The zero-order valence-electron chi connectivity index (χ0n) is 11.1. The van der Waals surface area contributed by atoms with E-state index in [0.717, 1.165) is 11.1 Å². The minimum absolute atomic E-state index is 0.420. The molecule has 4 heteroatoms. The molecule has 1 aromatic rings. The number of aliphatic hydroxyl groups is 1. The van der Waals surface area contributed by atoms with Crippen LogP contribution in [-0.4, -0.2) is 30.7 Å². The first-order valence-corrected chi connectivity index (χ1v) is 6.62. The zero-order valence-corrected chi connectivity index (χ0v) is 11.9. The van der Waals surface area contributed by atoms with Crippen LogP contribution in [0.25, 0.3) is 0 Å². The molecular weight excluding hydrogens is 252 g/mol. The second-order valence-electron chi connectivity index (χ2n) is 4.15. The molecule has 0 radical (unpaired) electrons. The van der Waals surface area contributed by atoms with E-state index in [0.29, 0.717) is 24.7 Å². The van der Waals surface area contributed by atoms with Gasteiger partial charge in [-0.1, -0.05) is 23.7 Å². The molecule has 102 valence electrons. The van der Waals surface area contributed by atoms with E-state index in [1.807, 2.05) is 39.0 Å². The molecule has 0 saturated carbocycles. The van der Waals surface area contributed by atoms with Gasteiger partial charge in [0, 0.05) is 24.7 Å². The summed E-state index contributed by atoms with van der Waals surface area (Å²) in [4.78, 5) is 0. The van der Waals surface area contributed by atoms with E-state index in [2.05, 4.69) is 0 Å². The van der Waals surface area contributed by atoms with Gasteiger partial charge in [-0.3, -0.25) is 0 Å². The maximum Gasteiger partial charge on any atom is 0.183 e. The van der Waals surface area contributed by atoms with E-state index in [4.69, 9.17) is 21.1 Å². The highest BCUT2D eigenvalue weighted by Crippen LogP contribution is 2.20. The molecule has 0 aliphatic rings. The molecule has 1 unspecified atom stereocenters. The number of aryl methyl sites for hydroxylation is 1. The number of benzene rings is 1. The molecule has 1 atom stereocenters. The summed E-state index contributed by atoms with van der Waals surface area (Å²) in [5.41, 5.74) is 2.00. The Kier molecular flexibility index (Phi) is 6.65. The molecular formula is C14H21ClO3. The van der Waals surface area contributed by atoms with Gasteiger partial charge in [-0.25, -0.2) is 0 Å². The van der Waals surface area contributed by atoms with Crippen LogP contribution in [0.5, 0.6) is 0 Å². The van der Waals surface area contributed by atoms with Crippen molar-refractivity contribution in [3.8, 4) is 0 Å². The third-order valence-corrected chi connectivity index (χ3v) is 2.97. The average Bonchev–Trinajstić information content (AvgIpc) is 2.32. The second kappa shape index (κ2) is 7.74. The first-order valence-electron chi connectivity index (χ1n) is 6.24. The quantitative estimate of drug-likeness (QED) is 0.776. The Bertz CT molecular complexity index is 362. The van der Waals surface area contributed by atoms with E-state index in [-0.39, 0.29) is 0 Å². The van der Waals surface area contributed by atoms with Crippen molar-refractivity contribution in [3.05, 3.63) is 34.3 Å². The lowest BCUT2D eigenvalue weighted by Gasteiger charge is -2.23. The van der Waals surface area contributed by atoms with E-state index >= 15 is 0 Å². The lowest BCUT2D eigenvalue weighted by molar-refractivity contribution is -0.188. The van der Waals surface area contributed by atoms with Gasteiger partial charge in [0.2, 0.25) is 0 Å². The summed E-state index contributed by atoms with van der Waals surface area (Å²) >= 11 is 6.14. The molecule has 0 amide bonds. The van der Waals surface area contributed by atoms with Crippen molar-refractivity contribution in [1.82, 2.24) is 0 Å². The first kappa shape index (κ1) is 15.4. The molecule has 0 spiro atoms. The summed E-state index contributed by atoms with van der Waals surface area (Å²) in [5.74, 6) is 0. The molecule has 0 heterocycles. The van der Waals surface area contributed by atoms with Crippen molar-refractivity contribution < 1.29 is 14.6 Å². The predicted octanol–water partition coefficient (Wildman–Crippen LogP) is 2.95. The Morgan fingerprint density at radius 3 is 2.33 bits per heavy atom. The van der Waals surface area contributed by atoms with E-state index in [1.54, 1.807) is 0 Å². The van der Waals surface area contributed by atoms with Gasteiger partial charge in [0.1, 0.15) is 6.10 Å².